The van der Waals surface area contributed by atoms with Crippen molar-refractivity contribution in [2.24, 2.45) is 0 Å². The van der Waals surface area contributed by atoms with Crippen LogP contribution in [0.15, 0.2) is 18.2 Å². The van der Waals surface area contributed by atoms with Gasteiger partial charge in [0.2, 0.25) is 0 Å². The lowest BCUT2D eigenvalue weighted by Gasteiger charge is -2.37. The van der Waals surface area contributed by atoms with E-state index in [4.69, 9.17) is 0 Å². The molecule has 0 amide bonds. The Morgan fingerprint density at radius 2 is 1.78 bits per heavy atom. The maximum Gasteiger partial charge on any atom is 0.292 e. The summed E-state index contributed by atoms with van der Waals surface area (Å²) in [5, 5.41) is 11.4. The first-order valence-corrected chi connectivity index (χ1v) is 8.83. The highest BCUT2D eigenvalue weighted by Gasteiger charge is 2.29. The van der Waals surface area contributed by atoms with Gasteiger partial charge in [-0.1, -0.05) is 19.9 Å². The molecular formula is C18H27N3O2. The number of rotatable bonds is 4. The predicted octanol–water partition coefficient (Wildman–Crippen LogP) is 3.78. The lowest BCUT2D eigenvalue weighted by molar-refractivity contribution is -0.384. The van der Waals surface area contributed by atoms with E-state index >= 15 is 0 Å². The van der Waals surface area contributed by atoms with Crippen molar-refractivity contribution in [2.45, 2.75) is 51.5 Å². The Balaban J connectivity index is 1.76. The average molecular weight is 317 g/mol. The summed E-state index contributed by atoms with van der Waals surface area (Å²) in [5.74, 6) is 0.386. The van der Waals surface area contributed by atoms with Gasteiger partial charge < -0.3 is 9.80 Å². The third kappa shape index (κ3) is 3.50. The molecule has 0 bridgehead atoms. The summed E-state index contributed by atoms with van der Waals surface area (Å²) in [4.78, 5) is 16.0. The summed E-state index contributed by atoms with van der Waals surface area (Å²) in [6.45, 7) is 8.56. The van der Waals surface area contributed by atoms with Crippen molar-refractivity contribution in [1.82, 2.24) is 4.90 Å². The van der Waals surface area contributed by atoms with Crippen LogP contribution in [-0.4, -0.2) is 42.0 Å². The smallest absolute Gasteiger partial charge is 0.292 e. The summed E-state index contributed by atoms with van der Waals surface area (Å²) in [5.41, 5.74) is 2.22. The van der Waals surface area contributed by atoms with Gasteiger partial charge >= 0.3 is 0 Å². The van der Waals surface area contributed by atoms with E-state index in [0.717, 1.165) is 31.6 Å². The highest BCUT2D eigenvalue weighted by molar-refractivity contribution is 5.65. The molecule has 2 saturated heterocycles. The minimum Gasteiger partial charge on any atom is -0.366 e. The fourth-order valence-electron chi connectivity index (χ4n) is 3.89. The van der Waals surface area contributed by atoms with Crippen molar-refractivity contribution in [1.29, 1.82) is 0 Å². The number of piperidine rings is 1. The molecule has 0 unspecified atom stereocenters. The van der Waals surface area contributed by atoms with Crippen LogP contribution in [0.2, 0.25) is 0 Å². The first kappa shape index (κ1) is 16.2. The molecule has 0 N–H and O–H groups in total. The van der Waals surface area contributed by atoms with Crippen molar-refractivity contribution in [2.75, 3.05) is 31.1 Å². The Hall–Kier alpha value is -1.62. The van der Waals surface area contributed by atoms with Gasteiger partial charge in [-0.15, -0.1) is 0 Å². The molecule has 23 heavy (non-hydrogen) atoms. The molecule has 1 aromatic carbocycles. The van der Waals surface area contributed by atoms with Crippen LogP contribution in [0.4, 0.5) is 11.4 Å². The lowest BCUT2D eigenvalue weighted by Crippen LogP contribution is -2.44. The van der Waals surface area contributed by atoms with E-state index < -0.39 is 0 Å². The van der Waals surface area contributed by atoms with Crippen molar-refractivity contribution in [3.63, 3.8) is 0 Å². The van der Waals surface area contributed by atoms with Crippen molar-refractivity contribution in [3.8, 4) is 0 Å². The minimum absolute atomic E-state index is 0.244. The van der Waals surface area contributed by atoms with E-state index in [-0.39, 0.29) is 10.6 Å². The van der Waals surface area contributed by atoms with E-state index in [1.165, 1.54) is 31.5 Å². The fourth-order valence-corrected chi connectivity index (χ4v) is 3.89. The van der Waals surface area contributed by atoms with Crippen LogP contribution in [0, 0.1) is 10.1 Å². The number of hydrogen-bond acceptors (Lipinski definition) is 4. The quantitative estimate of drug-likeness (QED) is 0.626. The third-order valence-corrected chi connectivity index (χ3v) is 5.33. The summed E-state index contributed by atoms with van der Waals surface area (Å²) in [7, 11) is 0. The Morgan fingerprint density at radius 1 is 1.13 bits per heavy atom. The zero-order valence-corrected chi connectivity index (χ0v) is 14.2. The second kappa shape index (κ2) is 6.87. The van der Waals surface area contributed by atoms with Crippen LogP contribution in [-0.2, 0) is 0 Å². The SMILES string of the molecule is CC(C)c1ccc([N+](=O)[O-])c(N2CCC(N3CCCC3)CC2)c1. The van der Waals surface area contributed by atoms with Crippen LogP contribution in [0.3, 0.4) is 0 Å². The number of nitrogens with zero attached hydrogens (tertiary/aromatic N) is 3. The van der Waals surface area contributed by atoms with Gasteiger partial charge in [-0.25, -0.2) is 0 Å². The number of likely N-dealkylation sites (tertiary alicyclic amines) is 1. The van der Waals surface area contributed by atoms with Gasteiger partial charge in [0.05, 0.1) is 4.92 Å². The Morgan fingerprint density at radius 3 is 2.35 bits per heavy atom. The highest BCUT2D eigenvalue weighted by atomic mass is 16.6. The van der Waals surface area contributed by atoms with E-state index in [2.05, 4.69) is 23.6 Å². The van der Waals surface area contributed by atoms with Crippen molar-refractivity contribution in [3.05, 3.63) is 33.9 Å². The monoisotopic (exact) mass is 317 g/mol. The maximum absolute atomic E-state index is 11.4. The zero-order chi connectivity index (χ0) is 16.4. The maximum atomic E-state index is 11.4. The Labute approximate surface area is 138 Å². The minimum atomic E-state index is -0.244. The summed E-state index contributed by atoms with van der Waals surface area (Å²) >= 11 is 0. The molecular weight excluding hydrogens is 290 g/mol. The molecule has 3 rings (SSSR count). The highest BCUT2D eigenvalue weighted by Crippen LogP contribution is 2.34. The molecule has 0 aliphatic carbocycles. The van der Waals surface area contributed by atoms with Crippen LogP contribution in [0.1, 0.15) is 51.0 Å². The van der Waals surface area contributed by atoms with Crippen LogP contribution >= 0.6 is 0 Å². The molecule has 1 aromatic rings. The molecule has 2 fully saturated rings. The topological polar surface area (TPSA) is 49.6 Å². The molecule has 0 atom stereocenters. The molecule has 2 aliphatic heterocycles. The molecule has 2 heterocycles. The van der Waals surface area contributed by atoms with E-state index in [1.807, 2.05) is 12.1 Å². The van der Waals surface area contributed by atoms with E-state index in [9.17, 15) is 10.1 Å². The zero-order valence-electron chi connectivity index (χ0n) is 14.2. The third-order valence-electron chi connectivity index (χ3n) is 5.33. The molecule has 0 radical (unpaired) electrons. The fraction of sp³-hybridized carbons (Fsp3) is 0.667. The van der Waals surface area contributed by atoms with Crippen molar-refractivity contribution >= 4 is 11.4 Å². The Kier molecular flexibility index (Phi) is 4.85. The van der Waals surface area contributed by atoms with Gasteiger partial charge in [-0.3, -0.25) is 10.1 Å². The Bertz CT molecular complexity index is 559. The normalized spacial score (nSPS) is 20.4. The summed E-state index contributed by atoms with van der Waals surface area (Å²) in [6, 6.07) is 6.26. The number of nitro groups is 1. The van der Waals surface area contributed by atoms with E-state index in [0.29, 0.717) is 12.0 Å². The number of anilines is 1. The number of nitro benzene ring substituents is 1. The van der Waals surface area contributed by atoms with Gasteiger partial charge in [-0.2, -0.15) is 0 Å². The van der Waals surface area contributed by atoms with Crippen LogP contribution in [0.25, 0.3) is 0 Å². The first-order chi connectivity index (χ1) is 11.1. The molecule has 5 nitrogen and oxygen atoms in total. The van der Waals surface area contributed by atoms with E-state index in [1.54, 1.807) is 6.07 Å². The van der Waals surface area contributed by atoms with Crippen LogP contribution in [0.5, 0.6) is 0 Å². The second-order valence-corrected chi connectivity index (χ2v) is 7.12. The number of benzene rings is 1. The van der Waals surface area contributed by atoms with Crippen LogP contribution < -0.4 is 4.90 Å². The van der Waals surface area contributed by atoms with Crippen molar-refractivity contribution < 1.29 is 4.92 Å². The molecule has 5 heteroatoms. The second-order valence-electron chi connectivity index (χ2n) is 7.12. The molecule has 126 valence electrons. The van der Waals surface area contributed by atoms with Gasteiger partial charge in [0.15, 0.2) is 0 Å². The summed E-state index contributed by atoms with van der Waals surface area (Å²) < 4.78 is 0. The standard InChI is InChI=1S/C18H27N3O2/c1-14(2)15-5-6-17(21(22)23)18(13-15)20-11-7-16(8-12-20)19-9-3-4-10-19/h5-6,13-14,16H,3-4,7-12H2,1-2H3. The lowest BCUT2D eigenvalue weighted by atomic mass is 9.99. The number of hydrogen-bond donors (Lipinski definition) is 0. The predicted molar refractivity (Wildman–Crippen MR) is 93.2 cm³/mol. The summed E-state index contributed by atoms with van der Waals surface area (Å²) in [6.07, 6.45) is 4.87. The van der Waals surface area contributed by atoms with Gasteiger partial charge in [0.25, 0.3) is 5.69 Å². The average Bonchev–Trinajstić information content (AvgIpc) is 3.08. The molecule has 2 aliphatic rings. The van der Waals surface area contributed by atoms with Gasteiger partial charge in [0, 0.05) is 25.2 Å². The van der Waals surface area contributed by atoms with Gasteiger partial charge in [0.1, 0.15) is 5.69 Å². The molecule has 0 spiro atoms. The largest absolute Gasteiger partial charge is 0.366 e. The molecule has 0 aromatic heterocycles. The van der Waals surface area contributed by atoms with Gasteiger partial charge in [-0.05, 0) is 56.3 Å². The molecule has 0 saturated carbocycles. The first-order valence-electron chi connectivity index (χ1n) is 8.83.